The van der Waals surface area contributed by atoms with Crippen LogP contribution in [0.25, 0.3) is 11.4 Å². The number of nitrogens with one attached hydrogen (secondary N) is 2. The maximum absolute atomic E-state index is 11.8. The third kappa shape index (κ3) is 4.87. The molecule has 120 valence electrons. The first-order valence-electron chi connectivity index (χ1n) is 7.25. The molecule has 0 saturated carbocycles. The SMILES string of the molecule is CC#CC(=O)Nc1cc(-c2ncc[nH]2)ccc1OCCN(C)C. The summed E-state index contributed by atoms with van der Waals surface area (Å²) in [6.45, 7) is 2.92. The molecule has 1 aromatic carbocycles. The molecule has 0 saturated heterocycles. The van der Waals surface area contributed by atoms with E-state index in [1.54, 1.807) is 19.3 Å². The Labute approximate surface area is 135 Å². The molecule has 6 heteroatoms. The van der Waals surface area contributed by atoms with Crippen molar-refractivity contribution in [2.45, 2.75) is 6.92 Å². The van der Waals surface area contributed by atoms with Gasteiger partial charge in [0.1, 0.15) is 18.2 Å². The van der Waals surface area contributed by atoms with E-state index >= 15 is 0 Å². The molecule has 2 rings (SSSR count). The second kappa shape index (κ2) is 8.01. The van der Waals surface area contributed by atoms with Gasteiger partial charge in [0.25, 0.3) is 5.91 Å². The Morgan fingerprint density at radius 2 is 2.26 bits per heavy atom. The highest BCUT2D eigenvalue weighted by atomic mass is 16.5. The number of ether oxygens (including phenoxy) is 1. The number of carbonyl (C=O) groups is 1. The number of rotatable bonds is 6. The van der Waals surface area contributed by atoms with Gasteiger partial charge in [-0.05, 0) is 45.1 Å². The summed E-state index contributed by atoms with van der Waals surface area (Å²) in [7, 11) is 3.95. The molecule has 2 N–H and O–H groups in total. The molecule has 0 bridgehead atoms. The number of benzene rings is 1. The first-order valence-corrected chi connectivity index (χ1v) is 7.25. The van der Waals surface area contributed by atoms with E-state index in [1.165, 1.54) is 0 Å². The summed E-state index contributed by atoms with van der Waals surface area (Å²) in [4.78, 5) is 21.1. The van der Waals surface area contributed by atoms with Crippen LogP contribution in [-0.2, 0) is 4.79 Å². The average Bonchev–Trinajstić information content (AvgIpc) is 3.03. The minimum atomic E-state index is -0.374. The van der Waals surface area contributed by atoms with E-state index in [9.17, 15) is 4.79 Å². The van der Waals surface area contributed by atoms with Crippen molar-refractivity contribution in [2.75, 3.05) is 32.6 Å². The lowest BCUT2D eigenvalue weighted by Gasteiger charge is -2.14. The molecule has 2 aromatic rings. The number of likely N-dealkylation sites (N-methyl/N-ethyl adjacent to an activating group) is 1. The molecule has 0 radical (unpaired) electrons. The van der Waals surface area contributed by atoms with E-state index in [0.717, 1.165) is 17.9 Å². The highest BCUT2D eigenvalue weighted by Crippen LogP contribution is 2.29. The van der Waals surface area contributed by atoms with Gasteiger partial charge in [-0.25, -0.2) is 4.98 Å². The normalized spacial score (nSPS) is 10.1. The Balaban J connectivity index is 2.24. The number of hydrogen-bond acceptors (Lipinski definition) is 4. The second-order valence-corrected chi connectivity index (χ2v) is 5.13. The number of amides is 1. The van der Waals surface area contributed by atoms with E-state index in [2.05, 4.69) is 27.1 Å². The van der Waals surface area contributed by atoms with Crippen LogP contribution in [0.5, 0.6) is 5.75 Å². The molecule has 1 aromatic heterocycles. The molecule has 0 aliphatic carbocycles. The van der Waals surface area contributed by atoms with Gasteiger partial charge >= 0.3 is 0 Å². The molecule has 0 aliphatic rings. The van der Waals surface area contributed by atoms with Crippen LogP contribution in [0.3, 0.4) is 0 Å². The van der Waals surface area contributed by atoms with Crippen molar-refractivity contribution in [3.63, 3.8) is 0 Å². The number of imidazole rings is 1. The van der Waals surface area contributed by atoms with Gasteiger partial charge in [-0.15, -0.1) is 0 Å². The zero-order valence-corrected chi connectivity index (χ0v) is 13.5. The number of nitrogens with zero attached hydrogens (tertiary/aromatic N) is 2. The van der Waals surface area contributed by atoms with Crippen LogP contribution in [0.1, 0.15) is 6.92 Å². The number of aromatic amines is 1. The second-order valence-electron chi connectivity index (χ2n) is 5.13. The zero-order chi connectivity index (χ0) is 16.7. The average molecular weight is 312 g/mol. The van der Waals surface area contributed by atoms with Crippen LogP contribution >= 0.6 is 0 Å². The summed E-state index contributed by atoms with van der Waals surface area (Å²) < 4.78 is 5.76. The number of anilines is 1. The Morgan fingerprint density at radius 3 is 2.91 bits per heavy atom. The Morgan fingerprint density at radius 1 is 1.43 bits per heavy atom. The first-order chi connectivity index (χ1) is 11.1. The van der Waals surface area contributed by atoms with Crippen molar-refractivity contribution >= 4 is 11.6 Å². The lowest BCUT2D eigenvalue weighted by Crippen LogP contribution is -2.20. The summed E-state index contributed by atoms with van der Waals surface area (Å²) in [6.07, 6.45) is 3.43. The van der Waals surface area contributed by atoms with Gasteiger partial charge in [0, 0.05) is 24.5 Å². The molecule has 1 heterocycles. The van der Waals surface area contributed by atoms with Gasteiger partial charge < -0.3 is 19.9 Å². The number of carbonyl (C=O) groups excluding carboxylic acids is 1. The van der Waals surface area contributed by atoms with Gasteiger partial charge in [-0.2, -0.15) is 0 Å². The number of aromatic nitrogens is 2. The summed E-state index contributed by atoms with van der Waals surface area (Å²) in [5.41, 5.74) is 1.43. The largest absolute Gasteiger partial charge is 0.490 e. The third-order valence-electron chi connectivity index (χ3n) is 3.03. The Bertz CT molecular complexity index is 712. The summed E-state index contributed by atoms with van der Waals surface area (Å²) in [5, 5.41) is 2.76. The molecular formula is C17H20N4O2. The molecule has 23 heavy (non-hydrogen) atoms. The standard InChI is InChI=1S/C17H20N4O2/c1-4-5-16(22)20-14-12-13(17-18-8-9-19-17)6-7-15(14)23-11-10-21(2)3/h6-9,12H,10-11H2,1-3H3,(H,18,19)(H,20,22). The van der Waals surface area contributed by atoms with E-state index in [4.69, 9.17) is 4.74 Å². The van der Waals surface area contributed by atoms with E-state index in [0.29, 0.717) is 18.0 Å². The number of H-pyrrole nitrogens is 1. The fourth-order valence-electron chi connectivity index (χ4n) is 1.93. The minimum Gasteiger partial charge on any atom is -0.490 e. The first kappa shape index (κ1) is 16.6. The van der Waals surface area contributed by atoms with Crippen molar-refractivity contribution in [2.24, 2.45) is 0 Å². The maximum atomic E-state index is 11.8. The van der Waals surface area contributed by atoms with Crippen molar-refractivity contribution in [3.8, 4) is 29.0 Å². The topological polar surface area (TPSA) is 70.2 Å². The van der Waals surface area contributed by atoms with Crippen LogP contribution in [0.4, 0.5) is 5.69 Å². The fraction of sp³-hybridized carbons (Fsp3) is 0.294. The zero-order valence-electron chi connectivity index (χ0n) is 13.5. The molecule has 0 atom stereocenters. The summed E-state index contributed by atoms with van der Waals surface area (Å²) in [5.74, 6) is 6.00. The van der Waals surface area contributed by atoms with E-state index < -0.39 is 0 Å². The maximum Gasteiger partial charge on any atom is 0.300 e. The molecular weight excluding hydrogens is 292 g/mol. The fourth-order valence-corrected chi connectivity index (χ4v) is 1.93. The predicted molar refractivity (Wildman–Crippen MR) is 90.2 cm³/mol. The van der Waals surface area contributed by atoms with Crippen LogP contribution in [-0.4, -0.2) is 48.0 Å². The molecule has 0 spiro atoms. The smallest absolute Gasteiger partial charge is 0.300 e. The van der Waals surface area contributed by atoms with Crippen LogP contribution < -0.4 is 10.1 Å². The van der Waals surface area contributed by atoms with Gasteiger partial charge in [0.2, 0.25) is 0 Å². The minimum absolute atomic E-state index is 0.374. The lowest BCUT2D eigenvalue weighted by molar-refractivity contribution is -0.111. The molecule has 0 aliphatic heterocycles. The highest BCUT2D eigenvalue weighted by Gasteiger charge is 2.10. The van der Waals surface area contributed by atoms with Crippen molar-refractivity contribution in [1.82, 2.24) is 14.9 Å². The summed E-state index contributed by atoms with van der Waals surface area (Å²) in [6, 6.07) is 5.53. The van der Waals surface area contributed by atoms with Crippen molar-refractivity contribution in [1.29, 1.82) is 0 Å². The highest BCUT2D eigenvalue weighted by molar-refractivity contribution is 6.05. The van der Waals surface area contributed by atoms with Gasteiger partial charge in [0.15, 0.2) is 0 Å². The molecule has 6 nitrogen and oxygen atoms in total. The summed E-state index contributed by atoms with van der Waals surface area (Å²) >= 11 is 0. The predicted octanol–water partition coefficient (Wildman–Crippen LogP) is 1.98. The molecule has 1 amide bonds. The lowest BCUT2D eigenvalue weighted by atomic mass is 10.1. The van der Waals surface area contributed by atoms with Crippen LogP contribution in [0.15, 0.2) is 30.6 Å². The van der Waals surface area contributed by atoms with Crippen LogP contribution in [0, 0.1) is 11.8 Å². The molecule has 0 fully saturated rings. The molecule has 0 unspecified atom stereocenters. The van der Waals surface area contributed by atoms with Crippen molar-refractivity contribution < 1.29 is 9.53 Å². The van der Waals surface area contributed by atoms with Crippen LogP contribution in [0.2, 0.25) is 0 Å². The Hall–Kier alpha value is -2.78. The number of hydrogen-bond donors (Lipinski definition) is 2. The van der Waals surface area contributed by atoms with Gasteiger partial charge in [0.05, 0.1) is 5.69 Å². The van der Waals surface area contributed by atoms with Gasteiger partial charge in [-0.3, -0.25) is 4.79 Å². The third-order valence-corrected chi connectivity index (χ3v) is 3.03. The van der Waals surface area contributed by atoms with E-state index in [1.807, 2.05) is 37.2 Å². The quantitative estimate of drug-likeness (QED) is 0.800. The monoisotopic (exact) mass is 312 g/mol. The Kier molecular flexibility index (Phi) is 5.78. The van der Waals surface area contributed by atoms with Gasteiger partial charge in [-0.1, -0.05) is 5.92 Å². The van der Waals surface area contributed by atoms with Crippen molar-refractivity contribution in [3.05, 3.63) is 30.6 Å². The van der Waals surface area contributed by atoms with E-state index in [-0.39, 0.29) is 5.91 Å².